The van der Waals surface area contributed by atoms with E-state index in [1.165, 1.54) is 0 Å². The Morgan fingerprint density at radius 1 is 1.38 bits per heavy atom. The molecule has 2 N–H and O–H groups in total. The fraction of sp³-hybridized carbons (Fsp3) is 0.438. The molecule has 0 bridgehead atoms. The quantitative estimate of drug-likeness (QED) is 0.781. The number of imide groups is 1. The summed E-state index contributed by atoms with van der Waals surface area (Å²) in [6.45, 7) is 1.60. The summed E-state index contributed by atoms with van der Waals surface area (Å²) < 4.78 is 0. The summed E-state index contributed by atoms with van der Waals surface area (Å²) >= 11 is 11.9. The Labute approximate surface area is 149 Å². The van der Waals surface area contributed by atoms with Crippen LogP contribution in [-0.4, -0.2) is 34.8 Å². The Balaban J connectivity index is 1.58. The third-order valence-electron chi connectivity index (χ3n) is 4.49. The summed E-state index contributed by atoms with van der Waals surface area (Å²) in [5.74, 6) is -0.603. The molecule has 0 spiro atoms. The van der Waals surface area contributed by atoms with E-state index in [4.69, 9.17) is 23.2 Å². The van der Waals surface area contributed by atoms with Gasteiger partial charge in [-0.1, -0.05) is 29.3 Å². The minimum Gasteiger partial charge on any atom is -0.350 e. The van der Waals surface area contributed by atoms with Crippen molar-refractivity contribution in [2.45, 2.75) is 31.8 Å². The van der Waals surface area contributed by atoms with Gasteiger partial charge in [0, 0.05) is 16.6 Å². The molecule has 2 aliphatic rings. The SMILES string of the molecule is C[C@]1(C2CC2)NC(=O)N(CC(=O)NCc2ccc(Cl)cc2Cl)C1=O. The molecule has 1 atom stereocenters. The van der Waals surface area contributed by atoms with Crippen LogP contribution in [0, 0.1) is 5.92 Å². The van der Waals surface area contributed by atoms with Gasteiger partial charge in [-0.15, -0.1) is 0 Å². The molecule has 0 unspecified atom stereocenters. The molecule has 3 rings (SSSR count). The average molecular weight is 370 g/mol. The Morgan fingerprint density at radius 2 is 2.08 bits per heavy atom. The summed E-state index contributed by atoms with van der Waals surface area (Å²) in [5.41, 5.74) is -0.175. The monoisotopic (exact) mass is 369 g/mol. The maximum Gasteiger partial charge on any atom is 0.325 e. The van der Waals surface area contributed by atoms with E-state index in [-0.39, 0.29) is 24.9 Å². The van der Waals surface area contributed by atoms with Crippen molar-refractivity contribution in [1.29, 1.82) is 0 Å². The third-order valence-corrected chi connectivity index (χ3v) is 5.07. The lowest BCUT2D eigenvalue weighted by Crippen LogP contribution is -2.46. The normalized spacial score (nSPS) is 23.4. The standard InChI is InChI=1S/C16H17Cl2N3O3/c1-16(10-3-4-10)14(23)21(15(24)20-16)8-13(22)19-7-9-2-5-11(17)6-12(9)18/h2,5-6,10H,3-4,7-8H2,1H3,(H,19,22)(H,20,24)/t16-/m1/s1. The Kier molecular flexibility index (Phi) is 4.44. The highest BCUT2D eigenvalue weighted by molar-refractivity contribution is 6.35. The first-order chi connectivity index (χ1) is 11.3. The van der Waals surface area contributed by atoms with Crippen LogP contribution >= 0.6 is 23.2 Å². The van der Waals surface area contributed by atoms with E-state index in [1.807, 2.05) is 0 Å². The highest BCUT2D eigenvalue weighted by atomic mass is 35.5. The predicted octanol–water partition coefficient (Wildman–Crippen LogP) is 2.33. The van der Waals surface area contributed by atoms with Crippen molar-refractivity contribution in [2.75, 3.05) is 6.54 Å². The Bertz CT molecular complexity index is 721. The molecule has 8 heteroatoms. The fourth-order valence-corrected chi connectivity index (χ4v) is 3.33. The van der Waals surface area contributed by atoms with Crippen molar-refractivity contribution in [3.8, 4) is 0 Å². The zero-order valence-corrected chi connectivity index (χ0v) is 14.6. The third kappa shape index (κ3) is 3.21. The number of carbonyl (C=O) groups excluding carboxylic acids is 3. The minimum absolute atomic E-state index is 0.162. The second-order valence-corrected chi connectivity index (χ2v) is 7.15. The van der Waals surface area contributed by atoms with Crippen LogP contribution in [0.15, 0.2) is 18.2 Å². The molecular weight excluding hydrogens is 353 g/mol. The van der Waals surface area contributed by atoms with Crippen molar-refractivity contribution < 1.29 is 14.4 Å². The van der Waals surface area contributed by atoms with Gasteiger partial charge in [-0.3, -0.25) is 14.5 Å². The molecule has 1 aromatic rings. The van der Waals surface area contributed by atoms with Gasteiger partial charge in [0.05, 0.1) is 0 Å². The summed E-state index contributed by atoms with van der Waals surface area (Å²) in [6, 6.07) is 4.45. The molecule has 1 aliphatic heterocycles. The summed E-state index contributed by atoms with van der Waals surface area (Å²) in [6.07, 6.45) is 1.83. The molecule has 128 valence electrons. The highest BCUT2D eigenvalue weighted by Crippen LogP contribution is 2.42. The van der Waals surface area contributed by atoms with Gasteiger partial charge in [0.25, 0.3) is 5.91 Å². The van der Waals surface area contributed by atoms with Crippen LogP contribution in [0.4, 0.5) is 4.79 Å². The maximum absolute atomic E-state index is 12.4. The van der Waals surface area contributed by atoms with Gasteiger partial charge in [0.15, 0.2) is 0 Å². The molecule has 4 amide bonds. The van der Waals surface area contributed by atoms with Gasteiger partial charge in [0.1, 0.15) is 12.1 Å². The van der Waals surface area contributed by atoms with E-state index >= 15 is 0 Å². The maximum atomic E-state index is 12.4. The van der Waals surface area contributed by atoms with Crippen molar-refractivity contribution in [1.82, 2.24) is 15.5 Å². The first-order valence-electron chi connectivity index (χ1n) is 7.66. The molecule has 1 saturated heterocycles. The van der Waals surface area contributed by atoms with Crippen LogP contribution in [0.5, 0.6) is 0 Å². The van der Waals surface area contributed by atoms with Gasteiger partial charge >= 0.3 is 6.03 Å². The van der Waals surface area contributed by atoms with Crippen LogP contribution in [-0.2, 0) is 16.1 Å². The second kappa shape index (κ2) is 6.26. The number of rotatable bonds is 5. The van der Waals surface area contributed by atoms with E-state index in [2.05, 4.69) is 10.6 Å². The van der Waals surface area contributed by atoms with Crippen LogP contribution < -0.4 is 10.6 Å². The molecule has 0 aromatic heterocycles. The first-order valence-corrected chi connectivity index (χ1v) is 8.41. The van der Waals surface area contributed by atoms with Crippen LogP contribution in [0.25, 0.3) is 0 Å². The summed E-state index contributed by atoms with van der Waals surface area (Å²) in [5, 5.41) is 6.32. The van der Waals surface area contributed by atoms with Crippen LogP contribution in [0.2, 0.25) is 10.0 Å². The lowest BCUT2D eigenvalue weighted by molar-refractivity contribution is -0.135. The first kappa shape index (κ1) is 17.0. The number of nitrogens with one attached hydrogen (secondary N) is 2. The lowest BCUT2D eigenvalue weighted by atomic mass is 9.96. The molecule has 1 aliphatic carbocycles. The van der Waals surface area contributed by atoms with E-state index in [1.54, 1.807) is 25.1 Å². The highest BCUT2D eigenvalue weighted by Gasteiger charge is 2.56. The Morgan fingerprint density at radius 3 is 2.71 bits per heavy atom. The molecule has 0 radical (unpaired) electrons. The smallest absolute Gasteiger partial charge is 0.325 e. The number of hydrogen-bond acceptors (Lipinski definition) is 3. The van der Waals surface area contributed by atoms with Crippen LogP contribution in [0.3, 0.4) is 0 Å². The summed E-state index contributed by atoms with van der Waals surface area (Å²) in [4.78, 5) is 37.5. The molecule has 1 aromatic carbocycles. The van der Waals surface area contributed by atoms with Crippen LogP contribution in [0.1, 0.15) is 25.3 Å². The molecule has 1 heterocycles. The average Bonchev–Trinajstić information content (AvgIpc) is 3.33. The van der Waals surface area contributed by atoms with E-state index in [9.17, 15) is 14.4 Å². The van der Waals surface area contributed by atoms with Crippen molar-refractivity contribution in [3.05, 3.63) is 33.8 Å². The lowest BCUT2D eigenvalue weighted by Gasteiger charge is -2.20. The Hall–Kier alpha value is -1.79. The predicted molar refractivity (Wildman–Crippen MR) is 89.7 cm³/mol. The fourth-order valence-electron chi connectivity index (χ4n) is 2.86. The van der Waals surface area contributed by atoms with Crippen molar-refractivity contribution in [3.63, 3.8) is 0 Å². The molecule has 1 saturated carbocycles. The van der Waals surface area contributed by atoms with Crippen molar-refractivity contribution >= 4 is 41.0 Å². The number of urea groups is 1. The van der Waals surface area contributed by atoms with Gasteiger partial charge in [-0.25, -0.2) is 4.79 Å². The number of hydrogen-bond donors (Lipinski definition) is 2. The molecule has 2 fully saturated rings. The number of amides is 4. The van der Waals surface area contributed by atoms with E-state index in [0.29, 0.717) is 15.6 Å². The largest absolute Gasteiger partial charge is 0.350 e. The molecule has 24 heavy (non-hydrogen) atoms. The van der Waals surface area contributed by atoms with Gasteiger partial charge in [0.2, 0.25) is 5.91 Å². The zero-order valence-electron chi connectivity index (χ0n) is 13.1. The molecular formula is C16H17Cl2N3O3. The van der Waals surface area contributed by atoms with Gasteiger partial charge in [-0.2, -0.15) is 0 Å². The second-order valence-electron chi connectivity index (χ2n) is 6.31. The number of nitrogens with zero attached hydrogens (tertiary/aromatic N) is 1. The van der Waals surface area contributed by atoms with Gasteiger partial charge < -0.3 is 10.6 Å². The molecule has 6 nitrogen and oxygen atoms in total. The minimum atomic E-state index is -0.878. The number of carbonyl (C=O) groups is 3. The van der Waals surface area contributed by atoms with Crippen molar-refractivity contribution in [2.24, 2.45) is 5.92 Å². The van der Waals surface area contributed by atoms with E-state index in [0.717, 1.165) is 17.7 Å². The summed E-state index contributed by atoms with van der Waals surface area (Å²) in [7, 11) is 0. The number of benzene rings is 1. The van der Waals surface area contributed by atoms with Gasteiger partial charge in [-0.05, 0) is 43.4 Å². The topological polar surface area (TPSA) is 78.5 Å². The van der Waals surface area contributed by atoms with E-state index < -0.39 is 17.5 Å². The number of halogens is 2. The zero-order chi connectivity index (χ0) is 17.5.